The van der Waals surface area contributed by atoms with Crippen molar-refractivity contribution in [1.29, 1.82) is 0 Å². The maximum Gasteiger partial charge on any atom is -0.0204 e. The molecule has 0 heterocycles. The van der Waals surface area contributed by atoms with Gasteiger partial charge in [-0.15, -0.1) is 0 Å². The molecule has 0 N–H and O–H groups in total. The molecule has 4 aliphatic rings. The average molecular weight is 163 g/mol. The smallest absolute Gasteiger partial charge is 0.0204 e. The first kappa shape index (κ1) is 7.41. The van der Waals surface area contributed by atoms with E-state index in [1.807, 2.05) is 5.92 Å². The third-order valence-corrected chi connectivity index (χ3v) is 5.10. The maximum absolute atomic E-state index is 2.50. The first-order chi connectivity index (χ1) is 5.75. The molecule has 0 nitrogen and oxygen atoms in total. The van der Waals surface area contributed by atoms with Crippen LogP contribution in [0.3, 0.4) is 0 Å². The predicted molar refractivity (Wildman–Crippen MR) is 50.5 cm³/mol. The minimum absolute atomic E-state index is 0.991. The molecule has 0 saturated heterocycles. The summed E-state index contributed by atoms with van der Waals surface area (Å²) in [5.74, 6) is 7.25. The largest absolute Gasteiger partial charge is 0.0620 e. The third-order valence-electron chi connectivity index (χ3n) is 5.10. The lowest BCUT2D eigenvalue weighted by molar-refractivity contribution is 0.000321. The molecule has 3 atom stereocenters. The van der Waals surface area contributed by atoms with Gasteiger partial charge in [-0.2, -0.15) is 0 Å². The fourth-order valence-electron chi connectivity index (χ4n) is 4.10. The van der Waals surface area contributed by atoms with Crippen molar-refractivity contribution in [2.75, 3.05) is 0 Å². The van der Waals surface area contributed by atoms with Gasteiger partial charge in [0.05, 0.1) is 0 Å². The van der Waals surface area contributed by atoms with Crippen LogP contribution in [0.5, 0.6) is 0 Å². The minimum Gasteiger partial charge on any atom is -0.0620 e. The second kappa shape index (κ2) is 2.27. The van der Waals surface area contributed by atoms with Gasteiger partial charge in [-0.3, -0.25) is 0 Å². The molecule has 0 aromatic rings. The summed E-state index contributed by atoms with van der Waals surface area (Å²) in [4.78, 5) is 0. The van der Waals surface area contributed by atoms with E-state index >= 15 is 0 Å². The van der Waals surface area contributed by atoms with Gasteiger partial charge in [0, 0.05) is 0 Å². The van der Waals surface area contributed by atoms with Crippen molar-refractivity contribution < 1.29 is 0 Å². The number of hydrogen-bond acceptors (Lipinski definition) is 0. The molecule has 67 valence electrons. The molecule has 0 aliphatic heterocycles. The zero-order valence-electron chi connectivity index (χ0n) is 8.22. The van der Waals surface area contributed by atoms with E-state index in [0.29, 0.717) is 0 Å². The van der Waals surface area contributed by atoms with E-state index in [0.717, 1.165) is 29.6 Å². The second-order valence-corrected chi connectivity index (χ2v) is 5.47. The van der Waals surface area contributed by atoms with E-state index in [2.05, 4.69) is 13.8 Å². The lowest BCUT2D eigenvalue weighted by Gasteiger charge is -2.56. The van der Waals surface area contributed by atoms with Gasteiger partial charge in [0.2, 0.25) is 0 Å². The highest BCUT2D eigenvalue weighted by molar-refractivity contribution is 5.13. The Hall–Kier alpha value is 0. The van der Waals surface area contributed by atoms with Crippen molar-refractivity contribution in [1.82, 2.24) is 0 Å². The quantitative estimate of drug-likeness (QED) is 0.514. The zero-order valence-corrected chi connectivity index (χ0v) is 8.22. The van der Waals surface area contributed by atoms with Crippen LogP contribution in [0.1, 0.15) is 39.5 Å². The van der Waals surface area contributed by atoms with Gasteiger partial charge in [0.25, 0.3) is 0 Å². The van der Waals surface area contributed by atoms with Crippen LogP contribution in [-0.2, 0) is 0 Å². The van der Waals surface area contributed by atoms with E-state index in [-0.39, 0.29) is 0 Å². The Bertz CT molecular complexity index is 146. The van der Waals surface area contributed by atoms with Gasteiger partial charge in [0.1, 0.15) is 0 Å². The normalized spacial score (nSPS) is 58.0. The summed E-state index contributed by atoms with van der Waals surface area (Å²) in [6.45, 7) is 4.97. The number of rotatable bonds is 0. The molecule has 12 heavy (non-hydrogen) atoms. The first-order valence-electron chi connectivity index (χ1n) is 5.60. The van der Waals surface area contributed by atoms with Crippen LogP contribution in [0.15, 0.2) is 0 Å². The van der Waals surface area contributed by atoms with Crippen LogP contribution in [-0.4, -0.2) is 0 Å². The summed E-state index contributed by atoms with van der Waals surface area (Å²) in [5, 5.41) is 0. The van der Waals surface area contributed by atoms with Crippen molar-refractivity contribution >= 4 is 0 Å². The van der Waals surface area contributed by atoms with Crippen LogP contribution < -0.4 is 0 Å². The van der Waals surface area contributed by atoms with E-state index in [1.165, 1.54) is 12.8 Å². The molecule has 4 aliphatic carbocycles. The summed E-state index contributed by atoms with van der Waals surface area (Å²) < 4.78 is 0. The van der Waals surface area contributed by atoms with E-state index in [9.17, 15) is 0 Å². The Morgan fingerprint density at radius 1 is 0.917 bits per heavy atom. The van der Waals surface area contributed by atoms with Gasteiger partial charge in [-0.05, 0) is 61.2 Å². The molecule has 0 aromatic heterocycles. The fraction of sp³-hybridized carbons (Fsp3) is 0.917. The summed E-state index contributed by atoms with van der Waals surface area (Å²) in [6.07, 6.45) is 6.11. The highest BCUT2D eigenvalue weighted by Crippen LogP contribution is 2.59. The Morgan fingerprint density at radius 3 is 2.00 bits per heavy atom. The lowest BCUT2D eigenvalue weighted by Crippen LogP contribution is -2.47. The van der Waals surface area contributed by atoms with Gasteiger partial charge in [-0.1, -0.05) is 13.8 Å². The molecule has 0 spiro atoms. The van der Waals surface area contributed by atoms with Crippen LogP contribution in [0.2, 0.25) is 0 Å². The Kier molecular flexibility index (Phi) is 1.40. The molecule has 4 rings (SSSR count). The molecule has 0 amide bonds. The van der Waals surface area contributed by atoms with Gasteiger partial charge in [0.15, 0.2) is 0 Å². The SMILES string of the molecule is CC1[C]2CC3CC1CC(C2)C3C. The summed E-state index contributed by atoms with van der Waals surface area (Å²) in [5.41, 5.74) is 0. The van der Waals surface area contributed by atoms with E-state index < -0.39 is 0 Å². The van der Waals surface area contributed by atoms with E-state index in [4.69, 9.17) is 0 Å². The monoisotopic (exact) mass is 163 g/mol. The van der Waals surface area contributed by atoms with Crippen molar-refractivity contribution in [3.8, 4) is 0 Å². The third kappa shape index (κ3) is 0.791. The highest BCUT2D eigenvalue weighted by Gasteiger charge is 2.49. The molecule has 4 saturated carbocycles. The second-order valence-electron chi connectivity index (χ2n) is 5.47. The molecule has 4 bridgehead atoms. The first-order valence-corrected chi connectivity index (χ1v) is 5.60. The van der Waals surface area contributed by atoms with Crippen molar-refractivity contribution in [2.45, 2.75) is 39.5 Å². The van der Waals surface area contributed by atoms with Gasteiger partial charge < -0.3 is 0 Å². The predicted octanol–water partition coefficient (Wildman–Crippen LogP) is 3.28. The molecule has 3 unspecified atom stereocenters. The van der Waals surface area contributed by atoms with Crippen molar-refractivity contribution in [3.05, 3.63) is 5.92 Å². The van der Waals surface area contributed by atoms with Crippen LogP contribution in [0.4, 0.5) is 0 Å². The van der Waals surface area contributed by atoms with Crippen molar-refractivity contribution in [2.24, 2.45) is 29.6 Å². The molecule has 0 heteroatoms. The van der Waals surface area contributed by atoms with E-state index in [1.54, 1.807) is 12.8 Å². The van der Waals surface area contributed by atoms with Crippen LogP contribution in [0, 0.1) is 35.5 Å². The standard InChI is InChI=1S/C12H19/c1-7-9-3-11-5-10(7)6-12(4-9)8(11)2/h7-11H,3-6H2,1-2H3. The Balaban J connectivity index is 1.91. The Labute approximate surface area is 75.7 Å². The zero-order chi connectivity index (χ0) is 8.29. The van der Waals surface area contributed by atoms with Crippen LogP contribution >= 0.6 is 0 Å². The average Bonchev–Trinajstić information content (AvgIpc) is 2.02. The lowest BCUT2D eigenvalue weighted by atomic mass is 9.49. The molecular weight excluding hydrogens is 144 g/mol. The molecule has 4 fully saturated rings. The number of hydrogen-bond donors (Lipinski definition) is 0. The van der Waals surface area contributed by atoms with Gasteiger partial charge in [-0.25, -0.2) is 0 Å². The maximum atomic E-state index is 2.50. The van der Waals surface area contributed by atoms with Crippen molar-refractivity contribution in [3.63, 3.8) is 0 Å². The Morgan fingerprint density at radius 2 is 1.50 bits per heavy atom. The van der Waals surface area contributed by atoms with Gasteiger partial charge >= 0.3 is 0 Å². The summed E-state index contributed by atoms with van der Waals surface area (Å²) in [7, 11) is 0. The molecule has 1 radical (unpaired) electrons. The minimum atomic E-state index is 0.991. The molecule has 0 aromatic carbocycles. The highest BCUT2D eigenvalue weighted by atomic mass is 14.5. The fourth-order valence-corrected chi connectivity index (χ4v) is 4.10. The van der Waals surface area contributed by atoms with Crippen LogP contribution in [0.25, 0.3) is 0 Å². The molecular formula is C12H19. The topological polar surface area (TPSA) is 0 Å². The summed E-state index contributed by atoms with van der Waals surface area (Å²) in [6, 6.07) is 0. The summed E-state index contributed by atoms with van der Waals surface area (Å²) >= 11 is 0.